The molecular weight excluding hydrogens is 473 g/mol. The minimum absolute atomic E-state index is 0.160. The van der Waals surface area contributed by atoms with Crippen LogP contribution in [0, 0.1) is 5.82 Å². The minimum atomic E-state index is -0.547. The Hall–Kier alpha value is -2.82. The molecule has 3 aromatic rings. The summed E-state index contributed by atoms with van der Waals surface area (Å²) in [5, 5.41) is 12.5. The second-order valence-corrected chi connectivity index (χ2v) is 9.95. The van der Waals surface area contributed by atoms with E-state index in [0.29, 0.717) is 60.8 Å². The van der Waals surface area contributed by atoms with Crippen LogP contribution >= 0.6 is 11.6 Å². The van der Waals surface area contributed by atoms with Gasteiger partial charge in [0.1, 0.15) is 0 Å². The maximum atomic E-state index is 15.1. The van der Waals surface area contributed by atoms with Crippen molar-refractivity contribution in [2.75, 3.05) is 25.1 Å². The Morgan fingerprint density at radius 1 is 1.40 bits per heavy atom. The summed E-state index contributed by atoms with van der Waals surface area (Å²) in [6.45, 7) is 5.56. The van der Waals surface area contributed by atoms with Crippen LogP contribution in [0.1, 0.15) is 42.0 Å². The lowest BCUT2D eigenvalue weighted by atomic mass is 9.91. The topological polar surface area (TPSA) is 111 Å². The third-order valence-corrected chi connectivity index (χ3v) is 7.58. The van der Waals surface area contributed by atoms with Crippen LogP contribution in [0.15, 0.2) is 18.3 Å². The molecule has 3 unspecified atom stereocenters. The summed E-state index contributed by atoms with van der Waals surface area (Å²) >= 11 is 6.31. The molecule has 9 nitrogen and oxygen atoms in total. The zero-order valence-electron chi connectivity index (χ0n) is 20.0. The normalized spacial score (nSPS) is 24.1. The number of pyridine rings is 1. The number of nitrogens with one attached hydrogen (secondary N) is 1. The van der Waals surface area contributed by atoms with Gasteiger partial charge in [0.25, 0.3) is 5.91 Å². The van der Waals surface area contributed by atoms with Crippen molar-refractivity contribution in [3.63, 3.8) is 0 Å². The molecular formula is C24H29ClFN7O2. The number of anilines is 1. The van der Waals surface area contributed by atoms with Gasteiger partial charge in [-0.3, -0.25) is 4.79 Å². The number of fused-ring (bicyclic) bond motifs is 2. The van der Waals surface area contributed by atoms with Crippen LogP contribution in [0.4, 0.5) is 10.2 Å². The Labute approximate surface area is 207 Å². The Morgan fingerprint density at radius 3 is 2.91 bits per heavy atom. The fraction of sp³-hybridized carbons (Fsp3) is 0.500. The SMILES string of the molecule is CCn1cc(Cl)c2cc(C(=O)NC3CCc4nc(N5CC(N)C(C)(OC)C5)c(F)cc4C3)nnc21. The van der Waals surface area contributed by atoms with Gasteiger partial charge >= 0.3 is 0 Å². The van der Waals surface area contributed by atoms with E-state index in [0.717, 1.165) is 11.3 Å². The third kappa shape index (κ3) is 4.23. The lowest BCUT2D eigenvalue weighted by molar-refractivity contribution is 0.0128. The van der Waals surface area contributed by atoms with E-state index in [-0.39, 0.29) is 23.7 Å². The van der Waals surface area contributed by atoms with Gasteiger partial charge < -0.3 is 25.3 Å². The number of aromatic nitrogens is 4. The molecule has 0 spiro atoms. The Kier molecular flexibility index (Phi) is 6.14. The van der Waals surface area contributed by atoms with Crippen LogP contribution in [0.2, 0.25) is 5.02 Å². The fourth-order valence-electron chi connectivity index (χ4n) is 4.99. The number of carbonyl (C=O) groups is 1. The number of halogens is 2. The molecule has 4 heterocycles. The van der Waals surface area contributed by atoms with Crippen molar-refractivity contribution in [3.8, 4) is 0 Å². The molecule has 1 aliphatic heterocycles. The van der Waals surface area contributed by atoms with Gasteiger partial charge in [0.2, 0.25) is 0 Å². The Morgan fingerprint density at radius 2 is 2.20 bits per heavy atom. The molecule has 0 saturated carbocycles. The first-order valence-corrected chi connectivity index (χ1v) is 12.2. The largest absolute Gasteiger partial charge is 0.375 e. The number of nitrogens with zero attached hydrogens (tertiary/aromatic N) is 5. The summed E-state index contributed by atoms with van der Waals surface area (Å²) in [7, 11) is 1.62. The third-order valence-electron chi connectivity index (χ3n) is 7.28. The van der Waals surface area contributed by atoms with Gasteiger partial charge in [-0.1, -0.05) is 11.6 Å². The molecule has 0 radical (unpaired) electrons. The summed E-state index contributed by atoms with van der Waals surface area (Å²) < 4.78 is 22.5. The van der Waals surface area contributed by atoms with Gasteiger partial charge in [-0.2, -0.15) is 0 Å². The lowest BCUT2D eigenvalue weighted by Gasteiger charge is -2.28. The zero-order chi connectivity index (χ0) is 24.9. The van der Waals surface area contributed by atoms with Gasteiger partial charge in [-0.25, -0.2) is 9.37 Å². The number of methoxy groups -OCH3 is 1. The Balaban J connectivity index is 1.30. The molecule has 2 aliphatic rings. The van der Waals surface area contributed by atoms with Gasteiger partial charge in [0.15, 0.2) is 23.0 Å². The van der Waals surface area contributed by atoms with E-state index in [1.807, 2.05) is 23.3 Å². The highest BCUT2D eigenvalue weighted by atomic mass is 35.5. The number of amides is 1. The average molecular weight is 502 g/mol. The van der Waals surface area contributed by atoms with Gasteiger partial charge in [-0.15, -0.1) is 10.2 Å². The van der Waals surface area contributed by atoms with E-state index >= 15 is 4.39 Å². The number of ether oxygens (including phenoxy) is 1. The van der Waals surface area contributed by atoms with Crippen LogP contribution in [0.25, 0.3) is 11.0 Å². The standard InChI is InChI=1S/C24H29ClFN7O2/c1-4-32-10-16(25)15-9-19(30-31-21(15)32)23(34)28-14-5-6-18-13(7-14)8-17(26)22(29-18)33-11-20(27)24(2,12-33)35-3/h8-10,14,20H,4-7,11-12,27H2,1-3H3,(H,28,34). The number of aryl methyl sites for hydroxylation is 2. The van der Waals surface area contributed by atoms with Crippen molar-refractivity contribution in [2.45, 2.75) is 57.3 Å². The van der Waals surface area contributed by atoms with Crippen molar-refractivity contribution in [2.24, 2.45) is 5.73 Å². The van der Waals surface area contributed by atoms with E-state index in [1.54, 1.807) is 19.4 Å². The van der Waals surface area contributed by atoms with Crippen LogP contribution in [0.3, 0.4) is 0 Å². The van der Waals surface area contributed by atoms with E-state index in [9.17, 15) is 4.79 Å². The van der Waals surface area contributed by atoms with Crippen LogP contribution in [-0.4, -0.2) is 63.5 Å². The smallest absolute Gasteiger partial charge is 0.272 e. The molecule has 0 bridgehead atoms. The van der Waals surface area contributed by atoms with Gasteiger partial charge in [0.05, 0.1) is 16.7 Å². The molecule has 1 aliphatic carbocycles. The summed E-state index contributed by atoms with van der Waals surface area (Å²) in [6, 6.07) is 2.79. The van der Waals surface area contributed by atoms with Crippen LogP contribution in [0.5, 0.6) is 0 Å². The lowest BCUT2D eigenvalue weighted by Crippen LogP contribution is -2.45. The number of hydrogen-bond donors (Lipinski definition) is 2. The minimum Gasteiger partial charge on any atom is -0.375 e. The molecule has 3 aromatic heterocycles. The van der Waals surface area contributed by atoms with Gasteiger partial charge in [-0.05, 0) is 50.8 Å². The monoisotopic (exact) mass is 501 g/mol. The second-order valence-electron chi connectivity index (χ2n) is 9.55. The highest BCUT2D eigenvalue weighted by Gasteiger charge is 2.42. The number of nitrogens with two attached hydrogens (primary N) is 1. The number of rotatable bonds is 5. The van der Waals surface area contributed by atoms with Crippen molar-refractivity contribution >= 4 is 34.4 Å². The highest BCUT2D eigenvalue weighted by molar-refractivity contribution is 6.35. The predicted molar refractivity (Wildman–Crippen MR) is 131 cm³/mol. The summed E-state index contributed by atoms with van der Waals surface area (Å²) in [6.07, 6.45) is 3.59. The molecule has 1 fully saturated rings. The molecule has 186 valence electrons. The Bertz CT molecular complexity index is 1300. The molecule has 35 heavy (non-hydrogen) atoms. The summed E-state index contributed by atoms with van der Waals surface area (Å²) in [5.41, 5.74) is 8.16. The first-order chi connectivity index (χ1) is 16.7. The van der Waals surface area contributed by atoms with Crippen molar-refractivity contribution < 1.29 is 13.9 Å². The van der Waals surface area contributed by atoms with Crippen molar-refractivity contribution in [1.82, 2.24) is 25.1 Å². The summed E-state index contributed by atoms with van der Waals surface area (Å²) in [4.78, 5) is 19.4. The molecule has 0 aromatic carbocycles. The molecule has 5 rings (SSSR count). The van der Waals surface area contributed by atoms with E-state index in [1.165, 1.54) is 6.07 Å². The maximum Gasteiger partial charge on any atom is 0.272 e. The highest BCUT2D eigenvalue weighted by Crippen LogP contribution is 2.32. The molecule has 1 saturated heterocycles. The summed E-state index contributed by atoms with van der Waals surface area (Å²) in [5.74, 6) is -0.417. The van der Waals surface area contributed by atoms with E-state index < -0.39 is 11.4 Å². The molecule has 1 amide bonds. The average Bonchev–Trinajstić information content (AvgIpc) is 3.33. The number of carbonyl (C=O) groups excluding carboxylic acids is 1. The fourth-order valence-corrected chi connectivity index (χ4v) is 5.25. The van der Waals surface area contributed by atoms with Crippen LogP contribution in [-0.2, 0) is 24.1 Å². The molecule has 3 atom stereocenters. The number of hydrogen-bond acceptors (Lipinski definition) is 7. The molecule has 11 heteroatoms. The second kappa shape index (κ2) is 9.00. The first-order valence-electron chi connectivity index (χ1n) is 11.8. The van der Waals surface area contributed by atoms with Gasteiger partial charge in [0, 0.05) is 50.1 Å². The first kappa shape index (κ1) is 23.9. The predicted octanol–water partition coefficient (Wildman–Crippen LogP) is 2.48. The molecule has 3 N–H and O–H groups in total. The maximum absolute atomic E-state index is 15.1. The zero-order valence-corrected chi connectivity index (χ0v) is 20.8. The van der Waals surface area contributed by atoms with Crippen molar-refractivity contribution in [3.05, 3.63) is 46.1 Å². The quantitative estimate of drug-likeness (QED) is 0.552. The van der Waals surface area contributed by atoms with E-state index in [2.05, 4.69) is 20.5 Å². The van der Waals surface area contributed by atoms with E-state index in [4.69, 9.17) is 22.1 Å². The van der Waals surface area contributed by atoms with Crippen LogP contribution < -0.4 is 16.0 Å². The van der Waals surface area contributed by atoms with Crippen molar-refractivity contribution in [1.29, 1.82) is 0 Å².